The van der Waals surface area contributed by atoms with Crippen LogP contribution in [0.15, 0.2) is 30.5 Å². The highest BCUT2D eigenvalue weighted by Gasteiger charge is 2.53. The normalized spacial score (nSPS) is 26.9. The van der Waals surface area contributed by atoms with Crippen LogP contribution in [0.1, 0.15) is 24.0 Å². The number of methoxy groups -OCH3 is 3. The number of hydrogen-bond acceptors (Lipinski definition) is 7. The van der Waals surface area contributed by atoms with Crippen molar-refractivity contribution in [1.29, 1.82) is 0 Å². The molecule has 2 aliphatic rings. The molecule has 0 spiro atoms. The van der Waals surface area contributed by atoms with Crippen molar-refractivity contribution in [2.45, 2.75) is 25.0 Å². The van der Waals surface area contributed by atoms with Crippen molar-refractivity contribution in [3.05, 3.63) is 41.6 Å². The second-order valence-corrected chi connectivity index (χ2v) is 7.65. The molecule has 7 heteroatoms. The van der Waals surface area contributed by atoms with Crippen molar-refractivity contribution in [3.63, 3.8) is 0 Å². The predicted octanol–water partition coefficient (Wildman–Crippen LogP) is 2.23. The van der Waals surface area contributed by atoms with Gasteiger partial charge in [0, 0.05) is 31.7 Å². The highest BCUT2D eigenvalue weighted by atomic mass is 16.5. The molecule has 0 amide bonds. The van der Waals surface area contributed by atoms with Gasteiger partial charge in [0.25, 0.3) is 0 Å². The molecule has 1 saturated carbocycles. The minimum atomic E-state index is -0.975. The lowest BCUT2D eigenvalue weighted by atomic mass is 9.83. The van der Waals surface area contributed by atoms with E-state index in [0.717, 1.165) is 31.8 Å². The van der Waals surface area contributed by atoms with E-state index in [1.165, 1.54) is 12.7 Å². The summed E-state index contributed by atoms with van der Waals surface area (Å²) in [5.41, 5.74) is 0.931. The van der Waals surface area contributed by atoms with Crippen molar-refractivity contribution in [1.82, 2.24) is 14.9 Å². The molecule has 1 aliphatic carbocycles. The van der Waals surface area contributed by atoms with Crippen LogP contribution in [0.5, 0.6) is 17.6 Å². The zero-order valence-electron chi connectivity index (χ0n) is 16.6. The Morgan fingerprint density at radius 1 is 1.11 bits per heavy atom. The van der Waals surface area contributed by atoms with E-state index in [-0.39, 0.29) is 11.9 Å². The molecule has 0 radical (unpaired) electrons. The number of aromatic nitrogens is 2. The summed E-state index contributed by atoms with van der Waals surface area (Å²) in [6, 6.07) is 8.41. The second-order valence-electron chi connectivity index (χ2n) is 7.65. The van der Waals surface area contributed by atoms with Crippen LogP contribution in [-0.4, -0.2) is 54.4 Å². The van der Waals surface area contributed by atoms with Gasteiger partial charge in [0.05, 0.1) is 26.9 Å². The van der Waals surface area contributed by atoms with Crippen molar-refractivity contribution < 1.29 is 19.3 Å². The molecule has 0 bridgehead atoms. The first-order chi connectivity index (χ1) is 13.6. The Labute approximate surface area is 165 Å². The molecular formula is C21H27N3O4. The van der Waals surface area contributed by atoms with Gasteiger partial charge in [-0.05, 0) is 36.5 Å². The van der Waals surface area contributed by atoms with Crippen LogP contribution in [0.25, 0.3) is 0 Å². The number of aliphatic hydroxyl groups is 1. The highest BCUT2D eigenvalue weighted by Crippen LogP contribution is 2.52. The average molecular weight is 385 g/mol. The molecule has 1 aliphatic heterocycles. The van der Waals surface area contributed by atoms with Crippen LogP contribution in [0, 0.1) is 11.8 Å². The fourth-order valence-corrected chi connectivity index (χ4v) is 4.74. The molecule has 1 N–H and O–H groups in total. The van der Waals surface area contributed by atoms with Gasteiger partial charge in [0.1, 0.15) is 11.4 Å². The third kappa shape index (κ3) is 3.29. The molecule has 3 atom stereocenters. The zero-order valence-corrected chi connectivity index (χ0v) is 16.6. The molecule has 2 heterocycles. The van der Waals surface area contributed by atoms with Gasteiger partial charge in [-0.2, -0.15) is 4.98 Å². The van der Waals surface area contributed by atoms with Crippen molar-refractivity contribution >= 4 is 0 Å². The number of likely N-dealkylation sites (tertiary alicyclic amines) is 1. The number of rotatable bonds is 6. The molecule has 7 nitrogen and oxygen atoms in total. The third-order valence-electron chi connectivity index (χ3n) is 6.17. The molecule has 1 aromatic heterocycles. The Balaban J connectivity index is 1.52. The number of nitrogens with zero attached hydrogens (tertiary/aromatic N) is 3. The number of fused-ring (bicyclic) bond motifs is 1. The number of benzene rings is 1. The van der Waals surface area contributed by atoms with Crippen molar-refractivity contribution in [2.75, 3.05) is 34.4 Å². The second kappa shape index (κ2) is 7.56. The predicted molar refractivity (Wildman–Crippen MR) is 104 cm³/mol. The van der Waals surface area contributed by atoms with E-state index in [2.05, 4.69) is 27.0 Å². The van der Waals surface area contributed by atoms with Gasteiger partial charge in [-0.25, -0.2) is 4.98 Å². The first kappa shape index (κ1) is 19.0. The van der Waals surface area contributed by atoms with Gasteiger partial charge in [-0.15, -0.1) is 0 Å². The number of ether oxygens (including phenoxy) is 3. The Kier molecular flexibility index (Phi) is 5.12. The topological polar surface area (TPSA) is 76.9 Å². The molecular weight excluding hydrogens is 358 g/mol. The van der Waals surface area contributed by atoms with Gasteiger partial charge in [-0.3, -0.25) is 4.90 Å². The molecule has 4 rings (SSSR count). The van der Waals surface area contributed by atoms with Crippen LogP contribution in [0.2, 0.25) is 0 Å². The fourth-order valence-electron chi connectivity index (χ4n) is 4.74. The van der Waals surface area contributed by atoms with Gasteiger partial charge in [0.15, 0.2) is 0 Å². The summed E-state index contributed by atoms with van der Waals surface area (Å²) >= 11 is 0. The first-order valence-corrected chi connectivity index (χ1v) is 9.60. The molecule has 28 heavy (non-hydrogen) atoms. The maximum Gasteiger partial charge on any atom is 0.319 e. The summed E-state index contributed by atoms with van der Waals surface area (Å²) in [7, 11) is 4.75. The van der Waals surface area contributed by atoms with Gasteiger partial charge < -0.3 is 19.3 Å². The minimum Gasteiger partial charge on any atom is -0.497 e. The van der Waals surface area contributed by atoms with Gasteiger partial charge in [-0.1, -0.05) is 12.1 Å². The minimum absolute atomic E-state index is 0.136. The van der Waals surface area contributed by atoms with Gasteiger partial charge in [0.2, 0.25) is 5.88 Å². The molecule has 150 valence electrons. The maximum absolute atomic E-state index is 11.6. The van der Waals surface area contributed by atoms with Crippen LogP contribution in [-0.2, 0) is 12.1 Å². The Morgan fingerprint density at radius 2 is 1.89 bits per heavy atom. The standard InChI is InChI=1S/C21H27N3O4/c1-26-16-6-4-14(5-7-16)11-24-12-15-8-9-21(25,18(15)13-24)17-10-22-20(28-3)23-19(17)27-2/h4-7,10,15,18,25H,8-9,11-13H2,1-3H3/t15-,18+,21+/m0/s1. The summed E-state index contributed by atoms with van der Waals surface area (Å²) in [6.07, 6.45) is 3.33. The monoisotopic (exact) mass is 385 g/mol. The first-order valence-electron chi connectivity index (χ1n) is 9.60. The van der Waals surface area contributed by atoms with E-state index in [1.807, 2.05) is 12.1 Å². The smallest absolute Gasteiger partial charge is 0.319 e. The molecule has 2 aromatic rings. The molecule has 2 fully saturated rings. The lowest BCUT2D eigenvalue weighted by Crippen LogP contribution is -2.35. The van der Waals surface area contributed by atoms with E-state index >= 15 is 0 Å². The summed E-state index contributed by atoms with van der Waals surface area (Å²) in [4.78, 5) is 10.9. The van der Waals surface area contributed by atoms with E-state index in [4.69, 9.17) is 14.2 Å². The lowest BCUT2D eigenvalue weighted by molar-refractivity contribution is -0.00972. The molecule has 1 saturated heterocycles. The summed E-state index contributed by atoms with van der Waals surface area (Å²) in [5, 5.41) is 11.6. The van der Waals surface area contributed by atoms with Crippen LogP contribution in [0.4, 0.5) is 0 Å². The van der Waals surface area contributed by atoms with Crippen molar-refractivity contribution in [2.24, 2.45) is 11.8 Å². The largest absolute Gasteiger partial charge is 0.497 e. The van der Waals surface area contributed by atoms with Crippen LogP contribution in [0.3, 0.4) is 0 Å². The molecule has 0 unspecified atom stereocenters. The maximum atomic E-state index is 11.6. The van der Waals surface area contributed by atoms with Gasteiger partial charge >= 0.3 is 6.01 Å². The Morgan fingerprint density at radius 3 is 2.57 bits per heavy atom. The third-order valence-corrected chi connectivity index (χ3v) is 6.17. The lowest BCUT2D eigenvalue weighted by Gasteiger charge is -2.31. The van der Waals surface area contributed by atoms with Crippen molar-refractivity contribution in [3.8, 4) is 17.6 Å². The van der Waals surface area contributed by atoms with E-state index in [0.29, 0.717) is 23.8 Å². The molecule has 1 aromatic carbocycles. The summed E-state index contributed by atoms with van der Waals surface area (Å²) in [6.45, 7) is 2.68. The SMILES string of the molecule is COc1ccc(CN2C[C@@H]3CC[C@@](O)(c4cnc(OC)nc4OC)[C@@H]3C2)cc1. The fraction of sp³-hybridized carbons (Fsp3) is 0.524. The average Bonchev–Trinajstić information content (AvgIpc) is 3.28. The van der Waals surface area contributed by atoms with E-state index < -0.39 is 5.60 Å². The zero-order chi connectivity index (χ0) is 19.7. The summed E-state index contributed by atoms with van der Waals surface area (Å²) < 4.78 is 15.8. The van der Waals surface area contributed by atoms with E-state index in [9.17, 15) is 5.11 Å². The van der Waals surface area contributed by atoms with Crippen LogP contribution >= 0.6 is 0 Å². The Bertz CT molecular complexity index is 829. The van der Waals surface area contributed by atoms with Crippen LogP contribution < -0.4 is 14.2 Å². The number of hydrogen-bond donors (Lipinski definition) is 1. The van der Waals surface area contributed by atoms with E-state index in [1.54, 1.807) is 20.4 Å². The summed E-state index contributed by atoms with van der Waals surface area (Å²) in [5.74, 6) is 1.85. The highest BCUT2D eigenvalue weighted by molar-refractivity contribution is 5.34. The quantitative estimate of drug-likeness (QED) is 0.817. The Hall–Kier alpha value is -2.38.